The number of aromatic nitrogens is 5. The van der Waals surface area contributed by atoms with Crippen molar-refractivity contribution in [2.24, 2.45) is 0 Å². The van der Waals surface area contributed by atoms with Gasteiger partial charge in [0.1, 0.15) is 12.2 Å². The molecule has 0 radical (unpaired) electrons. The summed E-state index contributed by atoms with van der Waals surface area (Å²) in [5.74, 6) is -0.925. The van der Waals surface area contributed by atoms with E-state index in [1.54, 1.807) is 0 Å². The fourth-order valence-corrected chi connectivity index (χ4v) is 2.94. The zero-order chi connectivity index (χ0) is 26.6. The highest BCUT2D eigenvalue weighted by Crippen LogP contribution is 2.11. The van der Waals surface area contributed by atoms with Gasteiger partial charge in [0.15, 0.2) is 5.69 Å². The summed E-state index contributed by atoms with van der Waals surface area (Å²) in [5, 5.41) is 13.1. The Kier molecular flexibility index (Phi) is 10.9. The van der Waals surface area contributed by atoms with Crippen LogP contribution in [-0.4, -0.2) is 54.8 Å². The molecule has 2 heterocycles. The van der Waals surface area contributed by atoms with Gasteiger partial charge in [0.25, 0.3) is 5.91 Å². The molecule has 2 rings (SSSR count). The summed E-state index contributed by atoms with van der Waals surface area (Å²) in [6, 6.07) is 0. The fourth-order valence-electron chi connectivity index (χ4n) is 2.94. The van der Waals surface area contributed by atoms with Gasteiger partial charge < -0.3 is 10.6 Å². The Bertz CT molecular complexity index is 1070. The number of unbranched alkanes of at least 4 members (excludes halogenated alkanes) is 3. The molecule has 3 N–H and O–H groups in total. The summed E-state index contributed by atoms with van der Waals surface area (Å²) >= 11 is 0. The second-order valence-electron chi connectivity index (χ2n) is 8.98. The molecule has 0 bridgehead atoms. The van der Waals surface area contributed by atoms with Crippen molar-refractivity contribution in [2.45, 2.75) is 65.0 Å². The summed E-state index contributed by atoms with van der Waals surface area (Å²) < 4.78 is 1.26. The van der Waals surface area contributed by atoms with Crippen LogP contribution in [-0.2, 0) is 21.0 Å². The lowest BCUT2D eigenvalue weighted by Gasteiger charge is -2.18. The number of carbonyl (C=O) groups excluding carboxylic acids is 3. The van der Waals surface area contributed by atoms with Crippen molar-refractivity contribution in [3.63, 3.8) is 0 Å². The predicted molar refractivity (Wildman–Crippen MR) is 134 cm³/mol. The van der Waals surface area contributed by atoms with Gasteiger partial charge >= 0.3 is 0 Å². The Morgan fingerprint density at radius 2 is 1.81 bits per heavy atom. The van der Waals surface area contributed by atoms with E-state index in [9.17, 15) is 14.4 Å². The third-order valence-electron chi connectivity index (χ3n) is 4.66. The Labute approximate surface area is 210 Å². The van der Waals surface area contributed by atoms with Crippen molar-refractivity contribution < 1.29 is 19.2 Å². The molecule has 0 fully saturated rings. The van der Waals surface area contributed by atoms with Crippen molar-refractivity contribution in [1.29, 1.82) is 0 Å². The topological polar surface area (TPSA) is 153 Å². The van der Waals surface area contributed by atoms with Gasteiger partial charge in [0.05, 0.1) is 23.2 Å². The van der Waals surface area contributed by atoms with E-state index in [1.165, 1.54) is 29.3 Å². The number of hydrogen-bond acceptors (Lipinski definition) is 8. The van der Waals surface area contributed by atoms with Crippen LogP contribution in [0.25, 0.3) is 11.8 Å². The molecule has 194 valence electrons. The van der Waals surface area contributed by atoms with E-state index < -0.39 is 11.5 Å². The smallest absolute Gasteiger partial charge is 0.273 e. The van der Waals surface area contributed by atoms with Crippen LogP contribution < -0.4 is 16.1 Å². The summed E-state index contributed by atoms with van der Waals surface area (Å²) in [5.41, 5.74) is 3.32. The molecule has 0 unspecified atom stereocenters. The highest BCUT2D eigenvalue weighted by atomic mass is 16.7. The van der Waals surface area contributed by atoms with E-state index in [-0.39, 0.29) is 29.8 Å². The van der Waals surface area contributed by atoms with Gasteiger partial charge in [-0.3, -0.25) is 29.2 Å². The van der Waals surface area contributed by atoms with Gasteiger partial charge in [-0.2, -0.15) is 0 Å². The molecule has 2 aromatic heterocycles. The van der Waals surface area contributed by atoms with Crippen LogP contribution >= 0.6 is 0 Å². The van der Waals surface area contributed by atoms with Crippen LogP contribution in [0.2, 0.25) is 0 Å². The molecule has 0 aliphatic heterocycles. The minimum Gasteiger partial charge on any atom is -0.351 e. The summed E-state index contributed by atoms with van der Waals surface area (Å²) in [7, 11) is 0. The normalized spacial score (nSPS) is 11.0. The first-order valence-electron chi connectivity index (χ1n) is 11.7. The SMILES string of the molecule is C=Cc1nccnc1C(=C)NC(=O)Cn1cc(C(=O)NCCCCCCC(=O)NOC(C)(C)C)nn1. The van der Waals surface area contributed by atoms with Crippen LogP contribution in [0, 0.1) is 0 Å². The van der Waals surface area contributed by atoms with Crippen molar-refractivity contribution in [2.75, 3.05) is 6.54 Å². The average molecular weight is 499 g/mol. The molecular weight excluding hydrogens is 464 g/mol. The van der Waals surface area contributed by atoms with Crippen molar-refractivity contribution >= 4 is 29.5 Å². The zero-order valence-corrected chi connectivity index (χ0v) is 21.0. The van der Waals surface area contributed by atoms with Gasteiger partial charge in [0.2, 0.25) is 11.8 Å². The zero-order valence-electron chi connectivity index (χ0n) is 21.0. The Balaban J connectivity index is 1.65. The molecule has 12 nitrogen and oxygen atoms in total. The van der Waals surface area contributed by atoms with E-state index in [0.29, 0.717) is 24.4 Å². The minimum absolute atomic E-state index is 0.111. The second kappa shape index (κ2) is 13.8. The molecule has 2 aromatic rings. The van der Waals surface area contributed by atoms with E-state index in [4.69, 9.17) is 4.84 Å². The maximum Gasteiger partial charge on any atom is 0.273 e. The molecule has 0 aromatic carbocycles. The number of hydrogen-bond donors (Lipinski definition) is 3. The second-order valence-corrected chi connectivity index (χ2v) is 8.98. The first-order valence-corrected chi connectivity index (χ1v) is 11.7. The number of amides is 3. The molecule has 0 spiro atoms. The van der Waals surface area contributed by atoms with E-state index in [2.05, 4.69) is 49.6 Å². The third-order valence-corrected chi connectivity index (χ3v) is 4.66. The number of nitrogens with zero attached hydrogens (tertiary/aromatic N) is 5. The van der Waals surface area contributed by atoms with Crippen LogP contribution in [0.1, 0.15) is 74.8 Å². The average Bonchev–Trinajstić information content (AvgIpc) is 3.29. The molecule has 0 saturated carbocycles. The van der Waals surface area contributed by atoms with Crippen molar-refractivity contribution in [3.8, 4) is 0 Å². The van der Waals surface area contributed by atoms with E-state index in [0.717, 1.165) is 25.7 Å². The molecule has 12 heteroatoms. The lowest BCUT2D eigenvalue weighted by atomic mass is 10.1. The standard InChI is InChI=1S/C24H34N8O4/c1-6-18-22(26-14-13-25-18)17(2)28-21(34)16-32-15-19(29-31-32)23(35)27-12-10-8-7-9-11-20(33)30-36-24(3,4)5/h6,13-15H,1-2,7-12,16H2,3-5H3,(H,27,35)(H,28,34)(H,30,33). The van der Waals surface area contributed by atoms with Crippen molar-refractivity contribution in [3.05, 3.63) is 48.8 Å². The van der Waals surface area contributed by atoms with Crippen LogP contribution in [0.15, 0.2) is 31.7 Å². The number of nitrogens with one attached hydrogen (secondary N) is 3. The first kappa shape index (κ1) is 28.3. The maximum atomic E-state index is 12.3. The van der Waals surface area contributed by atoms with Gasteiger partial charge in [-0.25, -0.2) is 10.2 Å². The van der Waals surface area contributed by atoms with Gasteiger partial charge in [-0.15, -0.1) is 5.10 Å². The third kappa shape index (κ3) is 10.1. The quantitative estimate of drug-likeness (QED) is 0.264. The molecule has 0 aliphatic carbocycles. The van der Waals surface area contributed by atoms with Gasteiger partial charge in [-0.05, 0) is 39.7 Å². The van der Waals surface area contributed by atoms with Crippen molar-refractivity contribution in [1.82, 2.24) is 41.1 Å². The number of hydroxylamine groups is 1. The largest absolute Gasteiger partial charge is 0.351 e. The summed E-state index contributed by atoms with van der Waals surface area (Å²) in [6.07, 6.45) is 9.54. The Morgan fingerprint density at radius 3 is 2.53 bits per heavy atom. The maximum absolute atomic E-state index is 12.3. The van der Waals surface area contributed by atoms with E-state index in [1.807, 2.05) is 20.8 Å². The lowest BCUT2D eigenvalue weighted by Crippen LogP contribution is -2.33. The monoisotopic (exact) mass is 498 g/mol. The molecule has 0 atom stereocenters. The first-order chi connectivity index (χ1) is 17.1. The molecule has 0 saturated heterocycles. The fraction of sp³-hybridized carbons (Fsp3) is 0.458. The number of rotatable bonds is 14. The minimum atomic E-state index is -0.422. The highest BCUT2D eigenvalue weighted by molar-refractivity contribution is 5.92. The molecule has 3 amide bonds. The summed E-state index contributed by atoms with van der Waals surface area (Å²) in [4.78, 5) is 49.8. The lowest BCUT2D eigenvalue weighted by molar-refractivity contribution is -0.145. The van der Waals surface area contributed by atoms with Crippen LogP contribution in [0.5, 0.6) is 0 Å². The van der Waals surface area contributed by atoms with Gasteiger partial charge in [0, 0.05) is 25.4 Å². The Hall–Kier alpha value is -3.93. The molecular formula is C24H34N8O4. The summed E-state index contributed by atoms with van der Waals surface area (Å²) in [6.45, 7) is 13.4. The van der Waals surface area contributed by atoms with E-state index >= 15 is 0 Å². The molecule has 36 heavy (non-hydrogen) atoms. The number of carbonyl (C=O) groups is 3. The predicted octanol–water partition coefficient (Wildman–Crippen LogP) is 2.02. The Morgan fingerprint density at radius 1 is 1.08 bits per heavy atom. The highest BCUT2D eigenvalue weighted by Gasteiger charge is 2.15. The van der Waals surface area contributed by atoms with Crippen LogP contribution in [0.3, 0.4) is 0 Å². The van der Waals surface area contributed by atoms with Gasteiger partial charge in [-0.1, -0.05) is 31.2 Å². The molecule has 0 aliphatic rings. The van der Waals surface area contributed by atoms with Crippen LogP contribution in [0.4, 0.5) is 0 Å².